The van der Waals surface area contributed by atoms with Crippen LogP contribution in [0.5, 0.6) is 11.5 Å². The summed E-state index contributed by atoms with van der Waals surface area (Å²) in [6.07, 6.45) is 3.49. The van der Waals surface area contributed by atoms with Crippen LogP contribution in [-0.2, 0) is 42.0 Å². The topological polar surface area (TPSA) is 192 Å². The lowest BCUT2D eigenvalue weighted by atomic mass is 10.1. The van der Waals surface area contributed by atoms with Crippen LogP contribution < -0.4 is 14.8 Å². The van der Waals surface area contributed by atoms with Crippen molar-refractivity contribution >= 4 is 33.7 Å². The number of aromatic hydroxyl groups is 1. The molecular weight excluding hydrogens is 794 g/mol. The molecule has 0 aliphatic rings. The lowest BCUT2D eigenvalue weighted by molar-refractivity contribution is -0.142. The summed E-state index contributed by atoms with van der Waals surface area (Å²) in [5, 5.41) is 15.5. The van der Waals surface area contributed by atoms with E-state index in [1.165, 1.54) is 45.1 Å². The van der Waals surface area contributed by atoms with Gasteiger partial charge in [0.05, 0.1) is 25.6 Å². The molecule has 2 unspecified atom stereocenters. The van der Waals surface area contributed by atoms with Crippen molar-refractivity contribution in [2.24, 2.45) is 0 Å². The van der Waals surface area contributed by atoms with Gasteiger partial charge in [0, 0.05) is 36.1 Å². The minimum Gasteiger partial charge on any atom is -0.508 e. The minimum absolute atomic E-state index is 0.190. The summed E-state index contributed by atoms with van der Waals surface area (Å²) in [6.45, 7) is 0. The zero-order chi connectivity index (χ0) is 42.4. The first-order chi connectivity index (χ1) is 28.2. The highest BCUT2D eigenvalue weighted by Crippen LogP contribution is 2.29. The third-order valence-corrected chi connectivity index (χ3v) is 9.30. The molecule has 2 atom stereocenters. The van der Waals surface area contributed by atoms with Gasteiger partial charge in [0.15, 0.2) is 0 Å². The van der Waals surface area contributed by atoms with E-state index in [0.29, 0.717) is 41.4 Å². The van der Waals surface area contributed by atoms with E-state index in [1.54, 1.807) is 30.3 Å². The van der Waals surface area contributed by atoms with Crippen molar-refractivity contribution < 1.29 is 49.9 Å². The Labute approximate surface area is 337 Å². The smallest absolute Gasteiger partial charge is 0.508 e. The number of benzene rings is 4. The van der Waals surface area contributed by atoms with Gasteiger partial charge in [-0.15, -0.1) is 0 Å². The number of methoxy groups -OCH3 is 2. The molecule has 0 amide bonds. The molecule has 3 N–H and O–H groups in total. The molecule has 0 saturated carbocycles. The number of alkyl halides is 3. The number of nitrogens with one attached hydrogen (secondary N) is 2. The van der Waals surface area contributed by atoms with Crippen molar-refractivity contribution in [3.8, 4) is 34.0 Å². The number of carbonyl (C=O) groups excluding carboxylic acids is 2. The first-order valence-electron chi connectivity index (χ1n) is 17.6. The summed E-state index contributed by atoms with van der Waals surface area (Å²) < 4.78 is 73.5. The lowest BCUT2D eigenvalue weighted by Gasteiger charge is -2.17. The van der Waals surface area contributed by atoms with Gasteiger partial charge in [-0.3, -0.25) is 0 Å². The van der Waals surface area contributed by atoms with Crippen LogP contribution in [0.15, 0.2) is 134 Å². The van der Waals surface area contributed by atoms with Crippen molar-refractivity contribution in [3.05, 3.63) is 145 Å². The van der Waals surface area contributed by atoms with Gasteiger partial charge in [-0.25, -0.2) is 29.5 Å². The Bertz CT molecular complexity index is 2410. The number of esters is 2. The number of phenolic OH excluding ortho intramolecular Hbond substituents is 1. The van der Waals surface area contributed by atoms with Crippen molar-refractivity contribution in [2.75, 3.05) is 24.9 Å². The predicted molar refractivity (Wildman–Crippen MR) is 211 cm³/mol. The third-order valence-electron chi connectivity index (χ3n) is 8.32. The average molecular weight is 831 g/mol. The molecule has 0 spiro atoms. The van der Waals surface area contributed by atoms with E-state index < -0.39 is 39.4 Å². The molecule has 0 aliphatic carbocycles. The van der Waals surface area contributed by atoms with Crippen molar-refractivity contribution in [1.82, 2.24) is 19.9 Å². The van der Waals surface area contributed by atoms with Gasteiger partial charge in [0.25, 0.3) is 0 Å². The molecule has 18 heteroatoms. The van der Waals surface area contributed by atoms with E-state index in [-0.39, 0.29) is 11.7 Å². The highest BCUT2D eigenvalue weighted by atomic mass is 32.2. The van der Waals surface area contributed by atoms with Crippen LogP contribution in [0, 0.1) is 0 Å². The number of rotatable bonds is 14. The molecule has 0 aliphatic heterocycles. The van der Waals surface area contributed by atoms with E-state index in [4.69, 9.17) is 9.47 Å². The van der Waals surface area contributed by atoms with Crippen LogP contribution in [0.25, 0.3) is 22.5 Å². The number of aromatic nitrogens is 4. The Hall–Kier alpha value is -7.08. The average Bonchev–Trinajstić information content (AvgIpc) is 3.24. The molecule has 6 aromatic rings. The molecule has 0 saturated heterocycles. The summed E-state index contributed by atoms with van der Waals surface area (Å²) in [5.74, 6) is -0.336. The number of carbonyl (C=O) groups is 2. The summed E-state index contributed by atoms with van der Waals surface area (Å²) in [4.78, 5) is 41.0. The first kappa shape index (κ1) is 43.1. The number of ether oxygens (including phenoxy) is 2. The SMILES string of the molecule is COC(=O)C(Cc1ccccc1)Nc1cc(-c2ccc(O)cc2)ncn1.COC(=O)C(Cc1ccccc1)Nc1cc(-c2ccc(OS(=O)(=O)C(F)(F)F)cc2)ncn1. The number of anilines is 2. The van der Waals surface area contributed by atoms with Crippen LogP contribution in [0.4, 0.5) is 24.8 Å². The predicted octanol–water partition coefficient (Wildman–Crippen LogP) is 6.61. The fourth-order valence-electron chi connectivity index (χ4n) is 5.40. The Morgan fingerprint density at radius 1 is 0.644 bits per heavy atom. The van der Waals surface area contributed by atoms with Crippen LogP contribution in [0.3, 0.4) is 0 Å². The monoisotopic (exact) mass is 830 g/mol. The molecule has 6 rings (SSSR count). The Balaban J connectivity index is 0.000000230. The maximum absolute atomic E-state index is 12.5. The molecule has 0 fully saturated rings. The molecule has 59 heavy (non-hydrogen) atoms. The number of halogens is 3. The lowest BCUT2D eigenvalue weighted by Crippen LogP contribution is -2.33. The maximum atomic E-state index is 12.5. The van der Waals surface area contributed by atoms with Crippen molar-refractivity contribution in [1.29, 1.82) is 0 Å². The second kappa shape index (κ2) is 19.9. The Kier molecular flexibility index (Phi) is 14.5. The van der Waals surface area contributed by atoms with Gasteiger partial charge in [-0.05, 0) is 59.7 Å². The summed E-state index contributed by atoms with van der Waals surface area (Å²) in [7, 11) is -3.13. The number of hydrogen-bond acceptors (Lipinski definition) is 14. The number of nitrogens with zero attached hydrogens (tertiary/aromatic N) is 4. The van der Waals surface area contributed by atoms with Crippen LogP contribution in [0.2, 0.25) is 0 Å². The molecule has 4 aromatic carbocycles. The maximum Gasteiger partial charge on any atom is 0.534 e. The van der Waals surface area contributed by atoms with Gasteiger partial charge >= 0.3 is 27.6 Å². The quantitative estimate of drug-likeness (QED) is 0.0603. The van der Waals surface area contributed by atoms with E-state index in [9.17, 15) is 36.3 Å². The minimum atomic E-state index is -5.76. The third kappa shape index (κ3) is 12.5. The number of phenols is 1. The second-order valence-corrected chi connectivity index (χ2v) is 14.0. The Morgan fingerprint density at radius 2 is 1.05 bits per heavy atom. The molecule has 0 radical (unpaired) electrons. The van der Waals surface area contributed by atoms with Crippen molar-refractivity contribution in [3.63, 3.8) is 0 Å². The van der Waals surface area contributed by atoms with E-state index in [1.807, 2.05) is 60.7 Å². The highest BCUT2D eigenvalue weighted by Gasteiger charge is 2.48. The van der Waals surface area contributed by atoms with E-state index in [2.05, 4.69) is 34.8 Å². The van der Waals surface area contributed by atoms with E-state index in [0.717, 1.165) is 28.8 Å². The number of hydrogen-bond donors (Lipinski definition) is 3. The Morgan fingerprint density at radius 3 is 1.44 bits per heavy atom. The second-order valence-electron chi connectivity index (χ2n) is 12.5. The van der Waals surface area contributed by atoms with Crippen LogP contribution in [0.1, 0.15) is 11.1 Å². The largest absolute Gasteiger partial charge is 0.534 e. The zero-order valence-electron chi connectivity index (χ0n) is 31.4. The van der Waals surface area contributed by atoms with Gasteiger partial charge in [0.2, 0.25) is 0 Å². The summed E-state index contributed by atoms with van der Waals surface area (Å²) in [6, 6.07) is 32.5. The van der Waals surface area contributed by atoms with Crippen LogP contribution >= 0.6 is 0 Å². The molecule has 0 bridgehead atoms. The molecule has 14 nitrogen and oxygen atoms in total. The molecule has 2 heterocycles. The van der Waals surface area contributed by atoms with Crippen LogP contribution in [-0.4, -0.2) is 77.2 Å². The fourth-order valence-corrected chi connectivity index (χ4v) is 5.86. The van der Waals surface area contributed by atoms with Gasteiger partial charge in [0.1, 0.15) is 47.9 Å². The van der Waals surface area contributed by atoms with E-state index >= 15 is 0 Å². The fraction of sp³-hybridized carbons (Fsp3) is 0.171. The highest BCUT2D eigenvalue weighted by molar-refractivity contribution is 7.88. The van der Waals surface area contributed by atoms with Gasteiger partial charge < -0.3 is 29.4 Å². The zero-order valence-corrected chi connectivity index (χ0v) is 32.2. The summed E-state index contributed by atoms with van der Waals surface area (Å²) >= 11 is 0. The molecular formula is C41H37F3N6O8S. The van der Waals surface area contributed by atoms with Gasteiger partial charge in [-0.1, -0.05) is 60.7 Å². The van der Waals surface area contributed by atoms with Gasteiger partial charge in [-0.2, -0.15) is 21.6 Å². The molecule has 306 valence electrons. The van der Waals surface area contributed by atoms with Crippen molar-refractivity contribution in [2.45, 2.75) is 30.4 Å². The summed E-state index contributed by atoms with van der Waals surface area (Å²) in [5.41, 5.74) is -1.26. The normalized spacial score (nSPS) is 12.2. The first-order valence-corrected chi connectivity index (χ1v) is 19.0. The standard InChI is InChI=1S/C21H18F3N3O5S.C20H19N3O3/c1-31-20(28)18(11-14-5-3-2-4-6-14)27-19-12-17(25-13-26-19)15-7-9-16(10-8-15)32-33(29,30)21(22,23)24;1-26-20(25)18(11-14-5-3-2-4-6-14)23-19-12-17(21-13-22-19)15-7-9-16(24)10-8-15/h2-10,12-13,18H,11H2,1H3,(H,25,26,27);2-10,12-13,18,24H,11H2,1H3,(H,21,22,23). The molecule has 2 aromatic heterocycles.